The average Bonchev–Trinajstić information content (AvgIpc) is 2.95. The summed E-state index contributed by atoms with van der Waals surface area (Å²) in [4.78, 5) is 2.51. The molecule has 3 rings (SSSR count). The number of piperidine rings is 1. The first-order chi connectivity index (χ1) is 11.7. The molecular formula is C17H24N4OS2. The Labute approximate surface area is 152 Å². The number of nitrogens with zero attached hydrogens (tertiary/aromatic N) is 3. The number of likely N-dealkylation sites (tertiary alicyclic amines) is 1. The van der Waals surface area contributed by atoms with Crippen LogP contribution in [0.2, 0.25) is 0 Å². The van der Waals surface area contributed by atoms with E-state index in [4.69, 9.17) is 17.0 Å². The fraction of sp³-hybridized carbons (Fsp3) is 0.529. The van der Waals surface area contributed by atoms with Gasteiger partial charge in [0.2, 0.25) is 5.13 Å². The molecule has 1 aromatic carbocycles. The maximum Gasteiger partial charge on any atom is 0.209 e. The second-order valence-corrected chi connectivity index (χ2v) is 7.66. The minimum atomic E-state index is 0.653. The van der Waals surface area contributed by atoms with Crippen molar-refractivity contribution < 1.29 is 4.74 Å². The maximum absolute atomic E-state index is 5.50. The zero-order valence-electron chi connectivity index (χ0n) is 14.2. The molecule has 0 bridgehead atoms. The van der Waals surface area contributed by atoms with Crippen LogP contribution in [0.15, 0.2) is 24.3 Å². The number of aromatic nitrogens is 2. The lowest BCUT2D eigenvalue weighted by atomic mass is 10.0. The summed E-state index contributed by atoms with van der Waals surface area (Å²) in [5.74, 6) is 0.842. The minimum absolute atomic E-state index is 0.653. The first-order valence-electron chi connectivity index (χ1n) is 8.42. The van der Waals surface area contributed by atoms with Crippen LogP contribution in [-0.4, -0.2) is 34.4 Å². The van der Waals surface area contributed by atoms with E-state index in [1.54, 1.807) is 7.11 Å². The van der Waals surface area contributed by atoms with Gasteiger partial charge in [0.15, 0.2) is 3.95 Å². The summed E-state index contributed by atoms with van der Waals surface area (Å²) in [5.41, 5.74) is 0.983. The Balaban J connectivity index is 1.69. The highest BCUT2D eigenvalue weighted by atomic mass is 32.1. The molecule has 5 nitrogen and oxygen atoms in total. The topological polar surface area (TPSA) is 42.3 Å². The monoisotopic (exact) mass is 364 g/mol. The molecule has 0 unspecified atom stereocenters. The van der Waals surface area contributed by atoms with Crippen LogP contribution in [-0.2, 0) is 6.67 Å². The smallest absolute Gasteiger partial charge is 0.209 e. The maximum atomic E-state index is 5.50. The van der Waals surface area contributed by atoms with Gasteiger partial charge in [0.05, 0.1) is 13.8 Å². The number of hydrogen-bond donors (Lipinski definition) is 1. The molecule has 1 aromatic heterocycles. The van der Waals surface area contributed by atoms with Crippen LogP contribution in [0.5, 0.6) is 5.75 Å². The van der Waals surface area contributed by atoms with Crippen LogP contribution in [0.4, 0.5) is 10.8 Å². The van der Waals surface area contributed by atoms with E-state index >= 15 is 0 Å². The zero-order chi connectivity index (χ0) is 16.9. The van der Waals surface area contributed by atoms with Crippen LogP contribution in [0.1, 0.15) is 32.6 Å². The Morgan fingerprint density at radius 3 is 2.83 bits per heavy atom. The number of anilines is 2. The number of benzene rings is 1. The molecule has 0 amide bonds. The van der Waals surface area contributed by atoms with E-state index in [0.29, 0.717) is 6.04 Å². The van der Waals surface area contributed by atoms with Crippen molar-refractivity contribution >= 4 is 34.4 Å². The lowest BCUT2D eigenvalue weighted by Crippen LogP contribution is -2.40. The van der Waals surface area contributed by atoms with Gasteiger partial charge in [-0.05, 0) is 55.7 Å². The highest BCUT2D eigenvalue weighted by Gasteiger charge is 2.21. The SMILES string of the molecule is CC[C@H]1CCCCN1Cn1nc(Nc2ccc(OC)cc2)sc1=S. The second-order valence-electron chi connectivity index (χ2n) is 6.04. The summed E-state index contributed by atoms with van der Waals surface area (Å²) in [7, 11) is 1.67. The normalized spacial score (nSPS) is 18.5. The van der Waals surface area contributed by atoms with Crippen LogP contribution in [0.25, 0.3) is 0 Å². The van der Waals surface area contributed by atoms with Gasteiger partial charge in [-0.1, -0.05) is 24.7 Å². The van der Waals surface area contributed by atoms with Crippen molar-refractivity contribution in [1.29, 1.82) is 0 Å². The first-order valence-corrected chi connectivity index (χ1v) is 9.65. The fourth-order valence-electron chi connectivity index (χ4n) is 3.12. The minimum Gasteiger partial charge on any atom is -0.497 e. The van der Waals surface area contributed by atoms with Gasteiger partial charge < -0.3 is 10.1 Å². The number of rotatable bonds is 6. The zero-order valence-corrected chi connectivity index (χ0v) is 15.8. The average molecular weight is 365 g/mol. The van der Waals surface area contributed by atoms with Gasteiger partial charge in [-0.15, -0.1) is 5.10 Å². The third kappa shape index (κ3) is 4.15. The van der Waals surface area contributed by atoms with Gasteiger partial charge in [0.25, 0.3) is 0 Å². The molecule has 1 fully saturated rings. The Morgan fingerprint density at radius 1 is 1.33 bits per heavy atom. The summed E-state index contributed by atoms with van der Waals surface area (Å²) in [6, 6.07) is 8.47. The number of nitrogens with one attached hydrogen (secondary N) is 1. The summed E-state index contributed by atoms with van der Waals surface area (Å²) >= 11 is 7.02. The molecule has 0 aliphatic carbocycles. The molecule has 2 heterocycles. The van der Waals surface area contributed by atoms with Crippen LogP contribution >= 0.6 is 23.6 Å². The predicted molar refractivity (Wildman–Crippen MR) is 102 cm³/mol. The van der Waals surface area contributed by atoms with Gasteiger partial charge in [-0.2, -0.15) is 0 Å². The molecule has 0 saturated carbocycles. The molecule has 2 aromatic rings. The molecule has 1 atom stereocenters. The van der Waals surface area contributed by atoms with E-state index in [1.165, 1.54) is 37.0 Å². The molecule has 0 radical (unpaired) electrons. The first kappa shape index (κ1) is 17.4. The van der Waals surface area contributed by atoms with Crippen LogP contribution in [0, 0.1) is 3.95 Å². The third-order valence-electron chi connectivity index (χ3n) is 4.48. The van der Waals surface area contributed by atoms with Crippen LogP contribution < -0.4 is 10.1 Å². The van der Waals surface area contributed by atoms with E-state index in [0.717, 1.165) is 33.7 Å². The summed E-state index contributed by atoms with van der Waals surface area (Å²) in [6.45, 7) is 4.19. The molecule has 1 aliphatic heterocycles. The van der Waals surface area contributed by atoms with E-state index in [9.17, 15) is 0 Å². The lowest BCUT2D eigenvalue weighted by molar-refractivity contribution is 0.101. The molecule has 7 heteroatoms. The fourth-order valence-corrected chi connectivity index (χ4v) is 4.14. The Bertz CT molecular complexity index is 710. The quantitative estimate of drug-likeness (QED) is 0.756. The summed E-state index contributed by atoms with van der Waals surface area (Å²) < 4.78 is 7.94. The van der Waals surface area contributed by atoms with Gasteiger partial charge >= 0.3 is 0 Å². The molecule has 1 N–H and O–H groups in total. The Morgan fingerprint density at radius 2 is 2.12 bits per heavy atom. The van der Waals surface area contributed by atoms with E-state index in [-0.39, 0.29) is 0 Å². The van der Waals surface area contributed by atoms with Crippen molar-refractivity contribution in [3.05, 3.63) is 28.2 Å². The van der Waals surface area contributed by atoms with E-state index in [2.05, 4.69) is 22.2 Å². The molecule has 1 aliphatic rings. The molecule has 0 spiro atoms. The highest BCUT2D eigenvalue weighted by Crippen LogP contribution is 2.24. The third-order valence-corrected chi connectivity index (χ3v) is 5.71. The predicted octanol–water partition coefficient (Wildman–Crippen LogP) is 4.65. The largest absolute Gasteiger partial charge is 0.497 e. The highest BCUT2D eigenvalue weighted by molar-refractivity contribution is 7.73. The van der Waals surface area contributed by atoms with Gasteiger partial charge in [0, 0.05) is 18.3 Å². The molecule has 24 heavy (non-hydrogen) atoms. The Hall–Kier alpha value is -1.44. The summed E-state index contributed by atoms with van der Waals surface area (Å²) in [6.07, 6.45) is 5.08. The van der Waals surface area contributed by atoms with Crippen molar-refractivity contribution in [3.8, 4) is 5.75 Å². The molecule has 130 valence electrons. The van der Waals surface area contributed by atoms with E-state index in [1.807, 2.05) is 28.9 Å². The Kier molecular flexibility index (Phi) is 5.86. The summed E-state index contributed by atoms with van der Waals surface area (Å²) in [5, 5.41) is 8.81. The number of methoxy groups -OCH3 is 1. The molecular weight excluding hydrogens is 340 g/mol. The van der Waals surface area contributed by atoms with Crippen molar-refractivity contribution in [2.75, 3.05) is 19.0 Å². The van der Waals surface area contributed by atoms with Crippen molar-refractivity contribution in [2.45, 2.75) is 45.3 Å². The van der Waals surface area contributed by atoms with Crippen molar-refractivity contribution in [3.63, 3.8) is 0 Å². The number of ether oxygens (including phenoxy) is 1. The lowest BCUT2D eigenvalue weighted by Gasteiger charge is -2.34. The van der Waals surface area contributed by atoms with Gasteiger partial charge in [-0.25, -0.2) is 4.68 Å². The van der Waals surface area contributed by atoms with Gasteiger partial charge in [-0.3, -0.25) is 4.90 Å². The van der Waals surface area contributed by atoms with Crippen molar-refractivity contribution in [1.82, 2.24) is 14.7 Å². The van der Waals surface area contributed by atoms with E-state index < -0.39 is 0 Å². The number of hydrogen-bond acceptors (Lipinski definition) is 6. The standard InChI is InChI=1S/C17H24N4OS2/c1-3-14-6-4-5-11-20(14)12-21-17(23)24-16(19-21)18-13-7-9-15(22-2)10-8-13/h7-10,14H,3-6,11-12H2,1-2H3,(H,18,19)/t14-/m0/s1. The molecule has 1 saturated heterocycles. The second kappa shape index (κ2) is 8.09. The van der Waals surface area contributed by atoms with Crippen molar-refractivity contribution in [2.24, 2.45) is 0 Å². The van der Waals surface area contributed by atoms with Crippen LogP contribution in [0.3, 0.4) is 0 Å². The van der Waals surface area contributed by atoms with Gasteiger partial charge in [0.1, 0.15) is 5.75 Å².